The van der Waals surface area contributed by atoms with Crippen molar-refractivity contribution in [3.63, 3.8) is 0 Å². The molecule has 0 bridgehead atoms. The summed E-state index contributed by atoms with van der Waals surface area (Å²) in [7, 11) is 1.55. The highest BCUT2D eigenvalue weighted by Gasteiger charge is 2.08. The summed E-state index contributed by atoms with van der Waals surface area (Å²) >= 11 is 0. The molecule has 0 spiro atoms. The van der Waals surface area contributed by atoms with Gasteiger partial charge in [0.05, 0.1) is 7.11 Å². The van der Waals surface area contributed by atoms with E-state index in [1.807, 2.05) is 13.8 Å². The van der Waals surface area contributed by atoms with E-state index in [4.69, 9.17) is 4.74 Å². The maximum Gasteiger partial charge on any atom is 0.222 e. The number of halogens is 1. The Morgan fingerprint density at radius 2 is 2.18 bits per heavy atom. The number of nitrogens with one attached hydrogen (secondary N) is 1. The van der Waals surface area contributed by atoms with E-state index in [2.05, 4.69) is 5.32 Å². The number of carbonyl (C=O) groups is 1. The van der Waals surface area contributed by atoms with Gasteiger partial charge in [-0.05, 0) is 30.2 Å². The lowest BCUT2D eigenvalue weighted by Gasteiger charge is -2.10. The summed E-state index contributed by atoms with van der Waals surface area (Å²) < 4.78 is 18.2. The lowest BCUT2D eigenvalue weighted by atomic mass is 10.1. The number of hydrogen-bond acceptors (Lipinski definition) is 2. The molecule has 1 aromatic rings. The Morgan fingerprint density at radius 3 is 2.76 bits per heavy atom. The van der Waals surface area contributed by atoms with Gasteiger partial charge in [0.1, 0.15) is 11.6 Å². The standard InChI is InChI=1S/C13H18FNO2/c1-9(2)13(16)15-7-6-10-8-11(14)4-5-12(10)17-3/h4-5,8-9H,6-7H2,1-3H3,(H,15,16). The van der Waals surface area contributed by atoms with Gasteiger partial charge in [-0.25, -0.2) is 4.39 Å². The molecular formula is C13H18FNO2. The molecule has 3 nitrogen and oxygen atoms in total. The monoisotopic (exact) mass is 239 g/mol. The van der Waals surface area contributed by atoms with Gasteiger partial charge in [-0.2, -0.15) is 0 Å². The normalized spacial score (nSPS) is 10.4. The van der Waals surface area contributed by atoms with Crippen LogP contribution in [0, 0.1) is 11.7 Å². The largest absolute Gasteiger partial charge is 0.496 e. The first-order valence-electron chi connectivity index (χ1n) is 5.64. The van der Waals surface area contributed by atoms with Crippen LogP contribution >= 0.6 is 0 Å². The van der Waals surface area contributed by atoms with Gasteiger partial charge < -0.3 is 10.1 Å². The number of ether oxygens (including phenoxy) is 1. The molecule has 1 amide bonds. The molecule has 0 aliphatic carbocycles. The van der Waals surface area contributed by atoms with Crippen LogP contribution in [0.25, 0.3) is 0 Å². The van der Waals surface area contributed by atoms with Gasteiger partial charge in [-0.15, -0.1) is 0 Å². The molecular weight excluding hydrogens is 221 g/mol. The average molecular weight is 239 g/mol. The Morgan fingerprint density at radius 1 is 1.47 bits per heavy atom. The fourth-order valence-corrected chi connectivity index (χ4v) is 1.47. The first-order valence-corrected chi connectivity index (χ1v) is 5.64. The van der Waals surface area contributed by atoms with E-state index in [1.165, 1.54) is 12.1 Å². The minimum atomic E-state index is -0.295. The van der Waals surface area contributed by atoms with Crippen molar-refractivity contribution in [1.82, 2.24) is 5.32 Å². The molecule has 0 unspecified atom stereocenters. The van der Waals surface area contributed by atoms with Crippen LogP contribution in [0.5, 0.6) is 5.75 Å². The fourth-order valence-electron chi connectivity index (χ4n) is 1.47. The predicted octanol–water partition coefficient (Wildman–Crippen LogP) is 2.15. The molecule has 0 fully saturated rings. The van der Waals surface area contributed by atoms with Gasteiger partial charge >= 0.3 is 0 Å². The Kier molecular flexibility index (Phi) is 4.94. The van der Waals surface area contributed by atoms with Crippen molar-refractivity contribution in [2.24, 2.45) is 5.92 Å². The van der Waals surface area contributed by atoms with Crippen molar-refractivity contribution in [2.75, 3.05) is 13.7 Å². The molecule has 0 aromatic heterocycles. The third-order valence-corrected chi connectivity index (χ3v) is 2.46. The lowest BCUT2D eigenvalue weighted by molar-refractivity contribution is -0.123. The molecule has 0 radical (unpaired) electrons. The quantitative estimate of drug-likeness (QED) is 0.855. The zero-order valence-corrected chi connectivity index (χ0v) is 10.4. The second kappa shape index (κ2) is 6.23. The van der Waals surface area contributed by atoms with E-state index in [0.717, 1.165) is 5.56 Å². The van der Waals surface area contributed by atoms with Gasteiger partial charge in [0.2, 0.25) is 5.91 Å². The highest BCUT2D eigenvalue weighted by Crippen LogP contribution is 2.19. The van der Waals surface area contributed by atoms with Crippen molar-refractivity contribution in [3.05, 3.63) is 29.6 Å². The van der Waals surface area contributed by atoms with Gasteiger partial charge in [0, 0.05) is 12.5 Å². The second-order valence-electron chi connectivity index (χ2n) is 4.15. The summed E-state index contributed by atoms with van der Waals surface area (Å²) in [5.41, 5.74) is 0.761. The van der Waals surface area contributed by atoms with Gasteiger partial charge in [-0.3, -0.25) is 4.79 Å². The van der Waals surface area contributed by atoms with Crippen LogP contribution in [0.15, 0.2) is 18.2 Å². The van der Waals surface area contributed by atoms with Crippen LogP contribution in [-0.2, 0) is 11.2 Å². The summed E-state index contributed by atoms with van der Waals surface area (Å²) in [5, 5.41) is 2.78. The smallest absolute Gasteiger partial charge is 0.222 e. The summed E-state index contributed by atoms with van der Waals surface area (Å²) in [4.78, 5) is 11.3. The topological polar surface area (TPSA) is 38.3 Å². The molecule has 4 heteroatoms. The Labute approximate surface area is 101 Å². The Balaban J connectivity index is 2.56. The van der Waals surface area contributed by atoms with Crippen molar-refractivity contribution < 1.29 is 13.9 Å². The van der Waals surface area contributed by atoms with E-state index in [0.29, 0.717) is 18.7 Å². The molecule has 17 heavy (non-hydrogen) atoms. The maximum atomic E-state index is 13.1. The average Bonchev–Trinajstić information content (AvgIpc) is 2.29. The minimum absolute atomic E-state index is 0.000342. The van der Waals surface area contributed by atoms with E-state index in [-0.39, 0.29) is 17.6 Å². The molecule has 94 valence electrons. The third-order valence-electron chi connectivity index (χ3n) is 2.46. The molecule has 0 aliphatic rings. The zero-order valence-electron chi connectivity index (χ0n) is 10.4. The molecule has 0 aliphatic heterocycles. The van der Waals surface area contributed by atoms with Crippen molar-refractivity contribution >= 4 is 5.91 Å². The lowest BCUT2D eigenvalue weighted by Crippen LogP contribution is -2.29. The summed E-state index contributed by atoms with van der Waals surface area (Å²) in [6, 6.07) is 4.38. The van der Waals surface area contributed by atoms with Crippen LogP contribution in [0.3, 0.4) is 0 Å². The second-order valence-corrected chi connectivity index (χ2v) is 4.15. The Hall–Kier alpha value is -1.58. The predicted molar refractivity (Wildman–Crippen MR) is 64.5 cm³/mol. The highest BCUT2D eigenvalue weighted by molar-refractivity contribution is 5.77. The minimum Gasteiger partial charge on any atom is -0.496 e. The summed E-state index contributed by atoms with van der Waals surface area (Å²) in [5.74, 6) is 0.311. The van der Waals surface area contributed by atoms with Gasteiger partial charge in [0.25, 0.3) is 0 Å². The number of methoxy groups -OCH3 is 1. The van der Waals surface area contributed by atoms with Crippen LogP contribution in [0.2, 0.25) is 0 Å². The first kappa shape index (κ1) is 13.5. The first-order chi connectivity index (χ1) is 8.04. The molecule has 0 saturated heterocycles. The van der Waals surface area contributed by atoms with Crippen LogP contribution in [0.1, 0.15) is 19.4 Å². The highest BCUT2D eigenvalue weighted by atomic mass is 19.1. The molecule has 1 rings (SSSR count). The molecule has 0 saturated carbocycles. The van der Waals surface area contributed by atoms with Crippen molar-refractivity contribution in [1.29, 1.82) is 0 Å². The van der Waals surface area contributed by atoms with Crippen molar-refractivity contribution in [3.8, 4) is 5.75 Å². The van der Waals surface area contributed by atoms with Crippen molar-refractivity contribution in [2.45, 2.75) is 20.3 Å². The number of carbonyl (C=O) groups excluding carboxylic acids is 1. The number of hydrogen-bond donors (Lipinski definition) is 1. The van der Waals surface area contributed by atoms with E-state index < -0.39 is 0 Å². The molecule has 0 atom stereocenters. The Bertz CT molecular complexity index is 391. The number of amides is 1. The zero-order chi connectivity index (χ0) is 12.8. The summed E-state index contributed by atoms with van der Waals surface area (Å²) in [6.45, 7) is 4.15. The SMILES string of the molecule is COc1ccc(F)cc1CCNC(=O)C(C)C. The van der Waals surface area contributed by atoms with Crippen LogP contribution < -0.4 is 10.1 Å². The number of benzene rings is 1. The van der Waals surface area contributed by atoms with Gasteiger partial charge in [0.15, 0.2) is 0 Å². The molecule has 0 heterocycles. The summed E-state index contributed by atoms with van der Waals surface area (Å²) in [6.07, 6.45) is 0.555. The molecule has 1 N–H and O–H groups in total. The maximum absolute atomic E-state index is 13.1. The van der Waals surface area contributed by atoms with Gasteiger partial charge in [-0.1, -0.05) is 13.8 Å². The van der Waals surface area contributed by atoms with E-state index >= 15 is 0 Å². The number of rotatable bonds is 5. The molecule has 1 aromatic carbocycles. The fraction of sp³-hybridized carbons (Fsp3) is 0.462. The van der Waals surface area contributed by atoms with Crippen LogP contribution in [-0.4, -0.2) is 19.6 Å². The van der Waals surface area contributed by atoms with E-state index in [1.54, 1.807) is 13.2 Å². The third kappa shape index (κ3) is 4.06. The van der Waals surface area contributed by atoms with Crippen LogP contribution in [0.4, 0.5) is 4.39 Å². The van der Waals surface area contributed by atoms with E-state index in [9.17, 15) is 9.18 Å².